The maximum absolute atomic E-state index is 9.27. The minimum atomic E-state index is 0.0893. The third kappa shape index (κ3) is 5.45. The SMILES string of the molecule is CC(NCc1cccc(CN(C)C(C)C)c1)c1cccc(CO)c1. The number of hydrogen-bond donors (Lipinski definition) is 2. The zero-order valence-corrected chi connectivity index (χ0v) is 15.3. The molecule has 2 aromatic carbocycles. The molecule has 0 aromatic heterocycles. The molecule has 0 spiro atoms. The fourth-order valence-corrected chi connectivity index (χ4v) is 2.66. The van der Waals surface area contributed by atoms with Crippen LogP contribution in [0.5, 0.6) is 0 Å². The number of nitrogens with zero attached hydrogens (tertiary/aromatic N) is 1. The summed E-state index contributed by atoms with van der Waals surface area (Å²) in [6, 6.07) is 17.7. The van der Waals surface area contributed by atoms with Crippen molar-refractivity contribution in [2.75, 3.05) is 7.05 Å². The van der Waals surface area contributed by atoms with Gasteiger partial charge in [-0.3, -0.25) is 4.90 Å². The average Bonchev–Trinajstić information content (AvgIpc) is 2.60. The zero-order valence-electron chi connectivity index (χ0n) is 15.3. The normalized spacial score (nSPS) is 12.8. The monoisotopic (exact) mass is 326 g/mol. The topological polar surface area (TPSA) is 35.5 Å². The van der Waals surface area contributed by atoms with Gasteiger partial charge in [0.25, 0.3) is 0 Å². The lowest BCUT2D eigenvalue weighted by Gasteiger charge is -2.21. The van der Waals surface area contributed by atoms with Crippen molar-refractivity contribution in [1.82, 2.24) is 10.2 Å². The third-order valence-electron chi connectivity index (χ3n) is 4.55. The summed E-state index contributed by atoms with van der Waals surface area (Å²) < 4.78 is 0. The van der Waals surface area contributed by atoms with E-state index in [1.165, 1.54) is 16.7 Å². The summed E-state index contributed by atoms with van der Waals surface area (Å²) in [6.45, 7) is 8.49. The summed E-state index contributed by atoms with van der Waals surface area (Å²) in [7, 11) is 2.16. The molecule has 0 fully saturated rings. The van der Waals surface area contributed by atoms with Crippen LogP contribution in [0.2, 0.25) is 0 Å². The second-order valence-corrected chi connectivity index (χ2v) is 6.83. The Kier molecular flexibility index (Phi) is 6.98. The van der Waals surface area contributed by atoms with Crippen LogP contribution in [0, 0.1) is 0 Å². The second-order valence-electron chi connectivity index (χ2n) is 6.83. The molecule has 2 N–H and O–H groups in total. The van der Waals surface area contributed by atoms with Crippen LogP contribution in [0.4, 0.5) is 0 Å². The van der Waals surface area contributed by atoms with Crippen LogP contribution in [0.1, 0.15) is 49.1 Å². The summed E-state index contributed by atoms with van der Waals surface area (Å²) in [5.74, 6) is 0. The Labute approximate surface area is 146 Å². The van der Waals surface area contributed by atoms with E-state index < -0.39 is 0 Å². The first-order valence-corrected chi connectivity index (χ1v) is 8.70. The van der Waals surface area contributed by atoms with E-state index >= 15 is 0 Å². The van der Waals surface area contributed by atoms with Gasteiger partial charge in [0, 0.05) is 25.2 Å². The number of aliphatic hydroxyl groups excluding tert-OH is 1. The standard InChI is InChI=1S/C21H30N2O/c1-16(2)23(4)14-19-8-5-7-18(11-19)13-22-17(3)21-10-6-9-20(12-21)15-24/h5-12,16-17,22,24H,13-15H2,1-4H3. The molecule has 0 saturated carbocycles. The van der Waals surface area contributed by atoms with Gasteiger partial charge in [0.2, 0.25) is 0 Å². The third-order valence-corrected chi connectivity index (χ3v) is 4.55. The lowest BCUT2D eigenvalue weighted by Crippen LogP contribution is -2.25. The van der Waals surface area contributed by atoms with E-state index in [-0.39, 0.29) is 12.6 Å². The van der Waals surface area contributed by atoms with Gasteiger partial charge in [-0.05, 0) is 50.1 Å². The van der Waals surface area contributed by atoms with E-state index in [1.54, 1.807) is 0 Å². The Morgan fingerprint density at radius 2 is 1.62 bits per heavy atom. The van der Waals surface area contributed by atoms with E-state index in [9.17, 15) is 5.11 Å². The maximum Gasteiger partial charge on any atom is 0.0681 e. The van der Waals surface area contributed by atoms with Crippen LogP contribution in [0.15, 0.2) is 48.5 Å². The van der Waals surface area contributed by atoms with Gasteiger partial charge in [-0.15, -0.1) is 0 Å². The van der Waals surface area contributed by atoms with Gasteiger partial charge in [-0.25, -0.2) is 0 Å². The highest BCUT2D eigenvalue weighted by Gasteiger charge is 2.07. The molecule has 130 valence electrons. The number of benzene rings is 2. The molecule has 0 aliphatic heterocycles. The molecule has 0 saturated heterocycles. The van der Waals surface area contributed by atoms with Crippen LogP contribution in [0.3, 0.4) is 0 Å². The van der Waals surface area contributed by atoms with E-state index in [0.717, 1.165) is 18.7 Å². The van der Waals surface area contributed by atoms with Gasteiger partial charge in [0.05, 0.1) is 6.61 Å². The van der Waals surface area contributed by atoms with Crippen molar-refractivity contribution in [2.45, 2.75) is 52.6 Å². The molecule has 1 unspecified atom stereocenters. The molecule has 0 amide bonds. The number of hydrogen-bond acceptors (Lipinski definition) is 3. The second kappa shape index (κ2) is 8.97. The largest absolute Gasteiger partial charge is 0.392 e. The van der Waals surface area contributed by atoms with Crippen molar-refractivity contribution >= 4 is 0 Å². The first-order chi connectivity index (χ1) is 11.5. The van der Waals surface area contributed by atoms with Crippen molar-refractivity contribution in [2.24, 2.45) is 0 Å². The molecular formula is C21H30N2O. The molecule has 1 atom stereocenters. The lowest BCUT2D eigenvalue weighted by molar-refractivity contribution is 0.265. The summed E-state index contributed by atoms with van der Waals surface area (Å²) >= 11 is 0. The quantitative estimate of drug-likeness (QED) is 0.773. The van der Waals surface area contributed by atoms with Crippen LogP contribution in [-0.4, -0.2) is 23.1 Å². The summed E-state index contributed by atoms with van der Waals surface area (Å²) in [5, 5.41) is 12.8. The molecule has 2 rings (SSSR count). The minimum absolute atomic E-state index is 0.0893. The van der Waals surface area contributed by atoms with Crippen molar-refractivity contribution in [3.63, 3.8) is 0 Å². The number of nitrogens with one attached hydrogen (secondary N) is 1. The Bertz CT molecular complexity index is 639. The van der Waals surface area contributed by atoms with Gasteiger partial charge < -0.3 is 10.4 Å². The molecule has 0 aliphatic carbocycles. The molecule has 24 heavy (non-hydrogen) atoms. The van der Waals surface area contributed by atoms with E-state index in [2.05, 4.69) is 74.4 Å². The fraction of sp³-hybridized carbons (Fsp3) is 0.429. The molecular weight excluding hydrogens is 296 g/mol. The smallest absolute Gasteiger partial charge is 0.0681 e. The van der Waals surface area contributed by atoms with Crippen molar-refractivity contribution in [1.29, 1.82) is 0 Å². The number of aliphatic hydroxyl groups is 1. The van der Waals surface area contributed by atoms with E-state index in [1.807, 2.05) is 12.1 Å². The van der Waals surface area contributed by atoms with Gasteiger partial charge >= 0.3 is 0 Å². The van der Waals surface area contributed by atoms with Gasteiger partial charge in [-0.1, -0.05) is 48.5 Å². The van der Waals surface area contributed by atoms with Crippen LogP contribution < -0.4 is 5.32 Å². The molecule has 3 heteroatoms. The summed E-state index contributed by atoms with van der Waals surface area (Å²) in [5.41, 5.74) is 4.81. The summed E-state index contributed by atoms with van der Waals surface area (Å²) in [6.07, 6.45) is 0. The van der Waals surface area contributed by atoms with E-state index in [4.69, 9.17) is 0 Å². The fourth-order valence-electron chi connectivity index (χ4n) is 2.66. The Morgan fingerprint density at radius 3 is 2.33 bits per heavy atom. The molecule has 0 heterocycles. The van der Waals surface area contributed by atoms with Crippen molar-refractivity contribution in [3.8, 4) is 0 Å². The molecule has 2 aromatic rings. The first-order valence-electron chi connectivity index (χ1n) is 8.70. The predicted octanol–water partition coefficient (Wildman–Crippen LogP) is 3.87. The molecule has 0 bridgehead atoms. The first kappa shape index (κ1) is 18.7. The molecule has 0 radical (unpaired) electrons. The highest BCUT2D eigenvalue weighted by Crippen LogP contribution is 2.16. The Balaban J connectivity index is 1.96. The van der Waals surface area contributed by atoms with Crippen molar-refractivity contribution in [3.05, 3.63) is 70.8 Å². The van der Waals surface area contributed by atoms with Crippen LogP contribution in [-0.2, 0) is 19.7 Å². The molecule has 0 aliphatic rings. The maximum atomic E-state index is 9.27. The Morgan fingerprint density at radius 1 is 0.958 bits per heavy atom. The predicted molar refractivity (Wildman–Crippen MR) is 101 cm³/mol. The van der Waals surface area contributed by atoms with Gasteiger partial charge in [0.15, 0.2) is 0 Å². The average molecular weight is 326 g/mol. The van der Waals surface area contributed by atoms with Crippen LogP contribution in [0.25, 0.3) is 0 Å². The van der Waals surface area contributed by atoms with Crippen LogP contribution >= 0.6 is 0 Å². The minimum Gasteiger partial charge on any atom is -0.392 e. The van der Waals surface area contributed by atoms with Gasteiger partial charge in [-0.2, -0.15) is 0 Å². The Hall–Kier alpha value is -1.68. The number of rotatable bonds is 8. The lowest BCUT2D eigenvalue weighted by atomic mass is 10.0. The zero-order chi connectivity index (χ0) is 17.5. The van der Waals surface area contributed by atoms with Gasteiger partial charge in [0.1, 0.15) is 0 Å². The highest BCUT2D eigenvalue weighted by atomic mass is 16.3. The van der Waals surface area contributed by atoms with E-state index in [0.29, 0.717) is 6.04 Å². The summed E-state index contributed by atoms with van der Waals surface area (Å²) in [4.78, 5) is 2.34. The van der Waals surface area contributed by atoms with Crippen molar-refractivity contribution < 1.29 is 5.11 Å². The molecule has 3 nitrogen and oxygen atoms in total. The highest BCUT2D eigenvalue weighted by molar-refractivity contribution is 5.26.